The van der Waals surface area contributed by atoms with Crippen LogP contribution >= 0.6 is 0 Å². The molecule has 2 heterocycles. The normalized spacial score (nSPS) is 18.3. The minimum Gasteiger partial charge on any atom is -0.352 e. The van der Waals surface area contributed by atoms with Gasteiger partial charge in [-0.05, 0) is 37.0 Å². The van der Waals surface area contributed by atoms with Crippen molar-refractivity contribution in [3.63, 3.8) is 0 Å². The van der Waals surface area contributed by atoms with Crippen LogP contribution in [0, 0.1) is 5.92 Å². The predicted octanol–water partition coefficient (Wildman–Crippen LogP) is 2.08. The van der Waals surface area contributed by atoms with E-state index in [1.807, 2.05) is 41.0 Å². The fraction of sp³-hybridized carbons (Fsp3) is 0.550. The Hall–Kier alpha value is -2.37. The summed E-state index contributed by atoms with van der Waals surface area (Å²) in [7, 11) is 0. The number of amides is 3. The minimum absolute atomic E-state index is 0.0163. The molecule has 3 rings (SSSR count). The zero-order valence-electron chi connectivity index (χ0n) is 15.4. The molecule has 0 spiro atoms. The number of piperidine rings is 1. The first-order valence-corrected chi connectivity index (χ1v) is 9.53. The maximum Gasteiger partial charge on any atom is 0.227 e. The minimum atomic E-state index is -0.0163. The number of anilines is 1. The third-order valence-corrected chi connectivity index (χ3v) is 5.31. The van der Waals surface area contributed by atoms with Crippen LogP contribution in [0.4, 0.5) is 5.69 Å². The molecule has 1 N–H and O–H groups in total. The summed E-state index contributed by atoms with van der Waals surface area (Å²) in [5, 5.41) is 3.00. The Balaban J connectivity index is 1.46. The lowest BCUT2D eigenvalue weighted by Gasteiger charge is -2.31. The van der Waals surface area contributed by atoms with Crippen molar-refractivity contribution in [2.75, 3.05) is 24.5 Å². The molecule has 3 amide bonds. The molecule has 0 aromatic heterocycles. The van der Waals surface area contributed by atoms with Crippen LogP contribution in [0.5, 0.6) is 0 Å². The maximum atomic E-state index is 12.4. The number of rotatable bonds is 5. The first kappa shape index (κ1) is 18.4. The van der Waals surface area contributed by atoms with E-state index in [2.05, 4.69) is 5.32 Å². The number of carbonyl (C=O) groups is 3. The van der Waals surface area contributed by atoms with Gasteiger partial charge in [0.15, 0.2) is 0 Å². The van der Waals surface area contributed by atoms with Crippen LogP contribution in [0.1, 0.15) is 44.6 Å². The van der Waals surface area contributed by atoms with E-state index >= 15 is 0 Å². The van der Waals surface area contributed by atoms with Crippen molar-refractivity contribution in [1.29, 1.82) is 0 Å². The highest BCUT2D eigenvalue weighted by Crippen LogP contribution is 2.22. The Morgan fingerprint density at radius 3 is 2.38 bits per heavy atom. The molecule has 2 aliphatic heterocycles. The monoisotopic (exact) mass is 357 g/mol. The van der Waals surface area contributed by atoms with Gasteiger partial charge in [0.1, 0.15) is 0 Å². The second-order valence-electron chi connectivity index (χ2n) is 7.04. The molecule has 0 aliphatic carbocycles. The van der Waals surface area contributed by atoms with Crippen LogP contribution in [0.3, 0.4) is 0 Å². The number of hydrogen-bond acceptors (Lipinski definition) is 3. The summed E-state index contributed by atoms with van der Waals surface area (Å²) in [6.45, 7) is 4.48. The molecule has 2 aliphatic rings. The van der Waals surface area contributed by atoms with Crippen LogP contribution in [-0.4, -0.2) is 42.3 Å². The number of likely N-dealkylation sites (tertiary alicyclic amines) is 1. The van der Waals surface area contributed by atoms with Crippen LogP contribution < -0.4 is 10.2 Å². The molecule has 1 aromatic rings. The van der Waals surface area contributed by atoms with Crippen molar-refractivity contribution in [2.24, 2.45) is 5.92 Å². The second kappa shape index (κ2) is 8.34. The van der Waals surface area contributed by atoms with Gasteiger partial charge in [0.2, 0.25) is 17.7 Å². The predicted molar refractivity (Wildman–Crippen MR) is 99.5 cm³/mol. The Morgan fingerprint density at radius 2 is 1.81 bits per heavy atom. The van der Waals surface area contributed by atoms with Crippen molar-refractivity contribution in [2.45, 2.75) is 45.6 Å². The summed E-state index contributed by atoms with van der Waals surface area (Å²) in [5.41, 5.74) is 1.95. The van der Waals surface area contributed by atoms with Gasteiger partial charge in [-0.3, -0.25) is 14.4 Å². The van der Waals surface area contributed by atoms with E-state index in [0.29, 0.717) is 32.5 Å². The third-order valence-electron chi connectivity index (χ3n) is 5.31. The molecule has 6 nitrogen and oxygen atoms in total. The van der Waals surface area contributed by atoms with Crippen molar-refractivity contribution < 1.29 is 14.4 Å². The molecular formula is C20H27N3O3. The number of benzene rings is 1. The molecule has 0 radical (unpaired) electrons. The summed E-state index contributed by atoms with van der Waals surface area (Å²) in [5.74, 6) is 0.393. The van der Waals surface area contributed by atoms with Crippen molar-refractivity contribution in [3.8, 4) is 0 Å². The topological polar surface area (TPSA) is 69.7 Å². The van der Waals surface area contributed by atoms with Crippen molar-refractivity contribution >= 4 is 23.4 Å². The zero-order valence-corrected chi connectivity index (χ0v) is 15.4. The fourth-order valence-corrected chi connectivity index (χ4v) is 3.66. The summed E-state index contributed by atoms with van der Waals surface area (Å²) in [6.07, 6.45) is 3.52. The van der Waals surface area contributed by atoms with Gasteiger partial charge in [-0.2, -0.15) is 0 Å². The number of carbonyl (C=O) groups excluding carboxylic acids is 3. The quantitative estimate of drug-likeness (QED) is 0.877. The molecule has 0 unspecified atom stereocenters. The van der Waals surface area contributed by atoms with Crippen molar-refractivity contribution in [3.05, 3.63) is 29.8 Å². The van der Waals surface area contributed by atoms with E-state index in [4.69, 9.17) is 0 Å². The highest BCUT2D eigenvalue weighted by molar-refractivity contribution is 5.95. The smallest absolute Gasteiger partial charge is 0.227 e. The molecule has 140 valence electrons. The summed E-state index contributed by atoms with van der Waals surface area (Å²) in [6, 6.07) is 7.81. The second-order valence-corrected chi connectivity index (χ2v) is 7.04. The van der Waals surface area contributed by atoms with E-state index in [-0.39, 0.29) is 23.6 Å². The van der Waals surface area contributed by atoms with Gasteiger partial charge in [0.25, 0.3) is 0 Å². The molecule has 2 saturated heterocycles. The van der Waals surface area contributed by atoms with E-state index in [1.54, 1.807) is 0 Å². The Kier molecular flexibility index (Phi) is 5.91. The van der Waals surface area contributed by atoms with Gasteiger partial charge >= 0.3 is 0 Å². The van der Waals surface area contributed by atoms with Gasteiger partial charge in [0, 0.05) is 50.6 Å². The fourth-order valence-electron chi connectivity index (χ4n) is 3.66. The van der Waals surface area contributed by atoms with Crippen molar-refractivity contribution in [1.82, 2.24) is 10.2 Å². The highest BCUT2D eigenvalue weighted by atomic mass is 16.2. The molecule has 6 heteroatoms. The molecule has 0 atom stereocenters. The number of nitrogens with zero attached hydrogens (tertiary/aromatic N) is 2. The van der Waals surface area contributed by atoms with Crippen LogP contribution in [0.25, 0.3) is 0 Å². The van der Waals surface area contributed by atoms with E-state index < -0.39 is 0 Å². The first-order chi connectivity index (χ1) is 12.6. The Morgan fingerprint density at radius 1 is 1.12 bits per heavy atom. The SMILES string of the molecule is CCC(=O)N1CCC(C(=O)NCc2ccc(N3CCCC3=O)cc2)CC1. The van der Waals surface area contributed by atoms with Crippen LogP contribution in [0.15, 0.2) is 24.3 Å². The molecule has 2 fully saturated rings. The third kappa shape index (κ3) is 4.23. The van der Waals surface area contributed by atoms with Crippen LogP contribution in [0.2, 0.25) is 0 Å². The van der Waals surface area contributed by atoms with Gasteiger partial charge in [-0.25, -0.2) is 0 Å². The van der Waals surface area contributed by atoms with E-state index in [9.17, 15) is 14.4 Å². The zero-order chi connectivity index (χ0) is 18.5. The average molecular weight is 357 g/mol. The molecule has 1 aromatic carbocycles. The molecule has 26 heavy (non-hydrogen) atoms. The van der Waals surface area contributed by atoms with E-state index in [1.165, 1.54) is 0 Å². The lowest BCUT2D eigenvalue weighted by molar-refractivity contribution is -0.135. The highest BCUT2D eigenvalue weighted by Gasteiger charge is 2.26. The Bertz CT molecular complexity index is 663. The summed E-state index contributed by atoms with van der Waals surface area (Å²) < 4.78 is 0. The standard InChI is InChI=1S/C20H27N3O3/c1-2-18(24)22-12-9-16(10-13-22)20(26)21-14-15-5-7-17(8-6-15)23-11-3-4-19(23)25/h5-8,16H,2-4,9-14H2,1H3,(H,21,26). The van der Waals surface area contributed by atoms with Gasteiger partial charge in [-0.1, -0.05) is 19.1 Å². The average Bonchev–Trinajstić information content (AvgIpc) is 3.12. The largest absolute Gasteiger partial charge is 0.352 e. The lowest BCUT2D eigenvalue weighted by atomic mass is 9.95. The van der Waals surface area contributed by atoms with Crippen LogP contribution in [-0.2, 0) is 20.9 Å². The Labute approximate surface area is 154 Å². The number of nitrogens with one attached hydrogen (secondary N) is 1. The number of hydrogen-bond donors (Lipinski definition) is 1. The molecule has 0 bridgehead atoms. The first-order valence-electron chi connectivity index (χ1n) is 9.53. The summed E-state index contributed by atoms with van der Waals surface area (Å²) >= 11 is 0. The van der Waals surface area contributed by atoms with Gasteiger partial charge < -0.3 is 15.1 Å². The maximum absolute atomic E-state index is 12.4. The van der Waals surface area contributed by atoms with E-state index in [0.717, 1.165) is 37.1 Å². The lowest BCUT2D eigenvalue weighted by Crippen LogP contribution is -2.42. The summed E-state index contributed by atoms with van der Waals surface area (Å²) in [4.78, 5) is 39.5. The molecule has 0 saturated carbocycles. The van der Waals surface area contributed by atoms with Gasteiger partial charge in [0.05, 0.1) is 0 Å². The van der Waals surface area contributed by atoms with Gasteiger partial charge in [-0.15, -0.1) is 0 Å². The molecular weight excluding hydrogens is 330 g/mol.